The molecule has 0 unspecified atom stereocenters. The minimum Gasteiger partial charge on any atom is -0.384 e. The molecule has 0 radical (unpaired) electrons. The molecule has 0 aliphatic heterocycles. The van der Waals surface area contributed by atoms with E-state index in [2.05, 4.69) is 34.8 Å². The fraction of sp³-hybridized carbons (Fsp3) is 0.462. The molecule has 0 aliphatic carbocycles. The Morgan fingerprint density at radius 1 is 1.41 bits per heavy atom. The van der Waals surface area contributed by atoms with Crippen molar-refractivity contribution in [2.75, 3.05) is 18.5 Å². The predicted octanol–water partition coefficient (Wildman–Crippen LogP) is 3.36. The Labute approximate surface area is 112 Å². The highest BCUT2D eigenvalue weighted by Gasteiger charge is 2.07. The van der Waals surface area contributed by atoms with Gasteiger partial charge in [0.05, 0.1) is 5.69 Å². The van der Waals surface area contributed by atoms with Crippen LogP contribution in [0.3, 0.4) is 0 Å². The molecule has 0 bridgehead atoms. The van der Waals surface area contributed by atoms with Crippen LogP contribution in [-0.2, 0) is 0 Å². The summed E-state index contributed by atoms with van der Waals surface area (Å²) in [4.78, 5) is 2.23. The number of anilines is 1. The summed E-state index contributed by atoms with van der Waals surface area (Å²) >= 11 is 3.53. The second kappa shape index (κ2) is 6.64. The highest BCUT2D eigenvalue weighted by Crippen LogP contribution is 2.26. The number of halogens is 1. The van der Waals surface area contributed by atoms with Crippen molar-refractivity contribution < 1.29 is 0 Å². The smallest absolute Gasteiger partial charge is 0.122 e. The lowest BCUT2D eigenvalue weighted by molar-refractivity contribution is 0.704. The van der Waals surface area contributed by atoms with Crippen molar-refractivity contribution in [1.82, 2.24) is 0 Å². The maximum atomic E-state index is 7.39. The van der Waals surface area contributed by atoms with Crippen LogP contribution in [0.1, 0.15) is 31.7 Å². The number of nitrogens with two attached hydrogens (primary N) is 1. The van der Waals surface area contributed by atoms with Crippen LogP contribution in [0.5, 0.6) is 0 Å². The number of unbranched alkanes of at least 4 members (excludes halogenated alkanes) is 2. The Bertz CT molecular complexity index is 390. The lowest BCUT2D eigenvalue weighted by atomic mass is 10.1. The molecule has 0 spiro atoms. The van der Waals surface area contributed by atoms with Gasteiger partial charge in [-0.3, -0.25) is 5.41 Å². The van der Waals surface area contributed by atoms with Crippen LogP contribution in [0.2, 0.25) is 0 Å². The third kappa shape index (κ3) is 4.04. The second-order valence-electron chi connectivity index (χ2n) is 4.21. The van der Waals surface area contributed by atoms with Gasteiger partial charge in [-0.25, -0.2) is 0 Å². The number of rotatable bonds is 6. The van der Waals surface area contributed by atoms with Gasteiger partial charge >= 0.3 is 0 Å². The maximum Gasteiger partial charge on any atom is 0.122 e. The fourth-order valence-electron chi connectivity index (χ4n) is 1.70. The Balaban J connectivity index is 2.74. The number of hydrogen-bond acceptors (Lipinski definition) is 2. The fourth-order valence-corrected chi connectivity index (χ4v) is 2.38. The monoisotopic (exact) mass is 297 g/mol. The minimum absolute atomic E-state index is 0.103. The van der Waals surface area contributed by atoms with Gasteiger partial charge in [0.2, 0.25) is 0 Å². The summed E-state index contributed by atoms with van der Waals surface area (Å²) in [7, 11) is 2.09. The van der Waals surface area contributed by atoms with Gasteiger partial charge in [0, 0.05) is 23.6 Å². The second-order valence-corrected chi connectivity index (χ2v) is 5.06. The van der Waals surface area contributed by atoms with Crippen LogP contribution in [0.25, 0.3) is 0 Å². The molecule has 17 heavy (non-hydrogen) atoms. The highest BCUT2D eigenvalue weighted by molar-refractivity contribution is 9.10. The van der Waals surface area contributed by atoms with Crippen LogP contribution in [0.15, 0.2) is 22.7 Å². The summed E-state index contributed by atoms with van der Waals surface area (Å²) in [5.41, 5.74) is 7.35. The molecule has 4 heteroatoms. The average molecular weight is 298 g/mol. The van der Waals surface area contributed by atoms with Crippen LogP contribution in [0.4, 0.5) is 5.69 Å². The molecule has 0 saturated heterocycles. The minimum atomic E-state index is 0.103. The summed E-state index contributed by atoms with van der Waals surface area (Å²) in [5.74, 6) is 0.103. The number of nitrogens with zero attached hydrogens (tertiary/aromatic N) is 1. The molecule has 94 valence electrons. The molecule has 0 saturated carbocycles. The van der Waals surface area contributed by atoms with Gasteiger partial charge in [-0.15, -0.1) is 0 Å². The lowest BCUT2D eigenvalue weighted by Crippen LogP contribution is -2.19. The van der Waals surface area contributed by atoms with Gasteiger partial charge in [0.15, 0.2) is 0 Å². The predicted molar refractivity (Wildman–Crippen MR) is 78.0 cm³/mol. The molecule has 0 heterocycles. The normalized spacial score (nSPS) is 10.3. The number of hydrogen-bond donors (Lipinski definition) is 2. The zero-order valence-corrected chi connectivity index (χ0v) is 12.0. The molecule has 1 aromatic rings. The van der Waals surface area contributed by atoms with E-state index in [0.717, 1.165) is 22.3 Å². The largest absolute Gasteiger partial charge is 0.384 e. The molecule has 3 nitrogen and oxygen atoms in total. The summed E-state index contributed by atoms with van der Waals surface area (Å²) in [6.45, 7) is 3.25. The van der Waals surface area contributed by atoms with Gasteiger partial charge in [-0.2, -0.15) is 0 Å². The van der Waals surface area contributed by atoms with E-state index in [0.29, 0.717) is 0 Å². The first-order valence-electron chi connectivity index (χ1n) is 5.91. The molecule has 1 rings (SSSR count). The third-order valence-corrected chi connectivity index (χ3v) is 3.40. The van der Waals surface area contributed by atoms with Crippen molar-refractivity contribution in [2.45, 2.75) is 26.2 Å². The summed E-state index contributed by atoms with van der Waals surface area (Å²) < 4.78 is 0.990. The molecule has 0 aromatic heterocycles. The van der Waals surface area contributed by atoms with E-state index in [-0.39, 0.29) is 5.84 Å². The SMILES string of the molecule is CCCCCN(C)c1ccc(C(=N)N)cc1Br. The summed E-state index contributed by atoms with van der Waals surface area (Å²) in [6, 6.07) is 5.79. The van der Waals surface area contributed by atoms with Crippen LogP contribution < -0.4 is 10.6 Å². The third-order valence-electron chi connectivity index (χ3n) is 2.77. The first-order chi connectivity index (χ1) is 8.06. The van der Waals surface area contributed by atoms with Gasteiger partial charge in [-0.05, 0) is 40.5 Å². The van der Waals surface area contributed by atoms with Crippen molar-refractivity contribution >= 4 is 27.5 Å². The van der Waals surface area contributed by atoms with E-state index in [1.54, 1.807) is 0 Å². The number of amidine groups is 1. The zero-order chi connectivity index (χ0) is 12.8. The van der Waals surface area contributed by atoms with E-state index >= 15 is 0 Å². The van der Waals surface area contributed by atoms with Gasteiger partial charge < -0.3 is 10.6 Å². The summed E-state index contributed by atoms with van der Waals surface area (Å²) in [5, 5.41) is 7.39. The molecule has 3 N–H and O–H groups in total. The van der Waals surface area contributed by atoms with Gasteiger partial charge in [-0.1, -0.05) is 19.8 Å². The molecule has 0 atom stereocenters. The lowest BCUT2D eigenvalue weighted by Gasteiger charge is -2.21. The number of nitrogens with one attached hydrogen (secondary N) is 1. The quantitative estimate of drug-likeness (QED) is 0.480. The van der Waals surface area contributed by atoms with Crippen molar-refractivity contribution in [1.29, 1.82) is 5.41 Å². The standard InChI is InChI=1S/C13H20BrN3/c1-3-4-5-8-17(2)12-7-6-10(13(15)16)9-11(12)14/h6-7,9H,3-5,8H2,1-2H3,(H3,15,16). The Morgan fingerprint density at radius 2 is 2.12 bits per heavy atom. The van der Waals surface area contributed by atoms with Crippen molar-refractivity contribution in [3.8, 4) is 0 Å². The van der Waals surface area contributed by atoms with Crippen molar-refractivity contribution in [3.63, 3.8) is 0 Å². The maximum absolute atomic E-state index is 7.39. The molecule has 1 aromatic carbocycles. The van der Waals surface area contributed by atoms with E-state index in [9.17, 15) is 0 Å². The molecular weight excluding hydrogens is 278 g/mol. The number of benzene rings is 1. The first kappa shape index (κ1) is 14.0. The van der Waals surface area contributed by atoms with Crippen LogP contribution in [0, 0.1) is 5.41 Å². The first-order valence-corrected chi connectivity index (χ1v) is 6.70. The zero-order valence-electron chi connectivity index (χ0n) is 10.5. The van der Waals surface area contributed by atoms with E-state index in [1.807, 2.05) is 18.2 Å². The van der Waals surface area contributed by atoms with E-state index in [4.69, 9.17) is 11.1 Å². The number of nitrogen functional groups attached to an aromatic ring is 1. The molecule has 0 amide bonds. The van der Waals surface area contributed by atoms with Crippen molar-refractivity contribution in [2.24, 2.45) is 5.73 Å². The van der Waals surface area contributed by atoms with Crippen LogP contribution in [-0.4, -0.2) is 19.4 Å². The Morgan fingerprint density at radius 3 is 2.65 bits per heavy atom. The van der Waals surface area contributed by atoms with Gasteiger partial charge in [0.25, 0.3) is 0 Å². The van der Waals surface area contributed by atoms with E-state index < -0.39 is 0 Å². The molecule has 0 aliphatic rings. The Kier molecular flexibility index (Phi) is 5.48. The van der Waals surface area contributed by atoms with Crippen molar-refractivity contribution in [3.05, 3.63) is 28.2 Å². The topological polar surface area (TPSA) is 53.1 Å². The van der Waals surface area contributed by atoms with Crippen LogP contribution >= 0.6 is 15.9 Å². The highest BCUT2D eigenvalue weighted by atomic mass is 79.9. The summed E-state index contributed by atoms with van der Waals surface area (Å²) in [6.07, 6.45) is 3.69. The average Bonchev–Trinajstić information content (AvgIpc) is 2.28. The Hall–Kier alpha value is -1.03. The van der Waals surface area contributed by atoms with E-state index in [1.165, 1.54) is 19.3 Å². The molecule has 0 fully saturated rings. The van der Waals surface area contributed by atoms with Gasteiger partial charge in [0.1, 0.15) is 5.84 Å². The molecular formula is C13H20BrN3.